The Labute approximate surface area is 213 Å². The number of nitrogens with two attached hydrogens (primary N) is 1. The van der Waals surface area contributed by atoms with Crippen LogP contribution in [0.2, 0.25) is 0 Å². The number of hydrogen-bond acceptors (Lipinski definition) is 6. The first-order chi connectivity index (χ1) is 16.8. The molecule has 0 fully saturated rings. The highest BCUT2D eigenvalue weighted by Crippen LogP contribution is 2.14. The number of aromatic hydroxyl groups is 1. The first-order valence-corrected chi connectivity index (χ1v) is 12.4. The van der Waals surface area contributed by atoms with Crippen molar-refractivity contribution in [2.75, 3.05) is 0 Å². The summed E-state index contributed by atoms with van der Waals surface area (Å²) in [5.74, 6) is -3.10. The predicted octanol–water partition coefficient (Wildman–Crippen LogP) is 1.55. The fraction of sp³-hybridized carbons (Fsp3) is 0.615. The Balaban J connectivity index is 3.05. The molecule has 1 aromatic carbocycles. The zero-order valence-corrected chi connectivity index (χ0v) is 22.1. The predicted molar refractivity (Wildman–Crippen MR) is 137 cm³/mol. The normalized spacial score (nSPS) is 15.5. The van der Waals surface area contributed by atoms with Crippen LogP contribution in [0.4, 0.5) is 0 Å². The smallest absolute Gasteiger partial charge is 0.326 e. The molecule has 3 amide bonds. The highest BCUT2D eigenvalue weighted by atomic mass is 16.4. The van der Waals surface area contributed by atoms with Crippen molar-refractivity contribution in [1.82, 2.24) is 16.0 Å². The van der Waals surface area contributed by atoms with E-state index in [1.807, 2.05) is 41.5 Å². The average molecular weight is 507 g/mol. The molecule has 0 aliphatic heterocycles. The van der Waals surface area contributed by atoms with E-state index in [2.05, 4.69) is 16.0 Å². The molecule has 10 nitrogen and oxygen atoms in total. The zero-order valence-electron chi connectivity index (χ0n) is 22.1. The van der Waals surface area contributed by atoms with Crippen molar-refractivity contribution in [3.8, 4) is 5.75 Å². The lowest BCUT2D eigenvalue weighted by Crippen LogP contribution is -2.59. The molecule has 202 valence electrons. The van der Waals surface area contributed by atoms with E-state index in [4.69, 9.17) is 5.73 Å². The molecule has 5 atom stereocenters. The fourth-order valence-electron chi connectivity index (χ4n) is 3.56. The van der Waals surface area contributed by atoms with Crippen LogP contribution in [0.15, 0.2) is 24.3 Å². The third-order valence-corrected chi connectivity index (χ3v) is 6.15. The van der Waals surface area contributed by atoms with E-state index in [1.54, 1.807) is 12.1 Å². The van der Waals surface area contributed by atoms with Crippen molar-refractivity contribution in [3.63, 3.8) is 0 Å². The van der Waals surface area contributed by atoms with Crippen molar-refractivity contribution in [2.24, 2.45) is 23.5 Å². The van der Waals surface area contributed by atoms with Gasteiger partial charge in [0.25, 0.3) is 0 Å². The summed E-state index contributed by atoms with van der Waals surface area (Å²) < 4.78 is 0. The van der Waals surface area contributed by atoms with Gasteiger partial charge in [0.2, 0.25) is 17.7 Å². The monoisotopic (exact) mass is 506 g/mol. The summed E-state index contributed by atoms with van der Waals surface area (Å²) in [5, 5.41) is 27.1. The van der Waals surface area contributed by atoms with E-state index in [1.165, 1.54) is 12.1 Å². The molecule has 1 aromatic rings. The molecule has 0 spiro atoms. The molecule has 0 aromatic heterocycles. The summed E-state index contributed by atoms with van der Waals surface area (Å²) in [5.41, 5.74) is 6.56. The maximum Gasteiger partial charge on any atom is 0.326 e. The average Bonchev–Trinajstić information content (AvgIpc) is 2.81. The number of phenolic OH excluding ortho intramolecular Hbond substituents is 1. The number of hydrogen-bond donors (Lipinski definition) is 6. The zero-order chi connectivity index (χ0) is 27.6. The van der Waals surface area contributed by atoms with Gasteiger partial charge in [-0.25, -0.2) is 4.79 Å². The van der Waals surface area contributed by atoms with E-state index in [0.29, 0.717) is 12.0 Å². The van der Waals surface area contributed by atoms with Crippen LogP contribution in [0.5, 0.6) is 5.75 Å². The molecule has 1 rings (SSSR count). The Morgan fingerprint density at radius 2 is 1.42 bits per heavy atom. The van der Waals surface area contributed by atoms with Gasteiger partial charge in [-0.3, -0.25) is 14.4 Å². The highest BCUT2D eigenvalue weighted by Gasteiger charge is 2.33. The summed E-state index contributed by atoms with van der Waals surface area (Å²) in [6.07, 6.45) is 0.877. The number of phenols is 1. The third kappa shape index (κ3) is 9.85. The SMILES string of the molecule is CCC(C)C(NC(=O)C(N)C(C)C)C(=O)NC(CC(C)C)C(=O)NC(Cc1ccc(O)cc1)C(=O)O. The van der Waals surface area contributed by atoms with Gasteiger partial charge in [-0.2, -0.15) is 0 Å². The maximum atomic E-state index is 13.2. The second-order valence-corrected chi connectivity index (χ2v) is 10.1. The van der Waals surface area contributed by atoms with Gasteiger partial charge in [0.15, 0.2) is 0 Å². The van der Waals surface area contributed by atoms with Gasteiger partial charge in [0.1, 0.15) is 23.9 Å². The summed E-state index contributed by atoms with van der Waals surface area (Å²) in [6.45, 7) is 11.1. The fourth-order valence-corrected chi connectivity index (χ4v) is 3.56. The van der Waals surface area contributed by atoms with Crippen molar-refractivity contribution in [2.45, 2.75) is 85.0 Å². The molecule has 0 aliphatic rings. The number of nitrogens with one attached hydrogen (secondary N) is 3. The number of carbonyl (C=O) groups is 4. The minimum Gasteiger partial charge on any atom is -0.508 e. The highest BCUT2D eigenvalue weighted by molar-refractivity contribution is 5.94. The summed E-state index contributed by atoms with van der Waals surface area (Å²) in [7, 11) is 0. The minimum absolute atomic E-state index is 0.00232. The van der Waals surface area contributed by atoms with Crippen LogP contribution in [-0.4, -0.2) is 58.1 Å². The largest absolute Gasteiger partial charge is 0.508 e. The molecule has 0 aliphatic carbocycles. The second-order valence-electron chi connectivity index (χ2n) is 10.1. The van der Waals surface area contributed by atoms with Crippen molar-refractivity contribution >= 4 is 23.7 Å². The molecule has 0 saturated heterocycles. The number of benzene rings is 1. The molecule has 36 heavy (non-hydrogen) atoms. The van der Waals surface area contributed by atoms with E-state index in [-0.39, 0.29) is 36.3 Å². The molecule has 0 bridgehead atoms. The van der Waals surface area contributed by atoms with E-state index >= 15 is 0 Å². The van der Waals surface area contributed by atoms with Crippen molar-refractivity contribution in [1.29, 1.82) is 0 Å². The molecule has 0 heterocycles. The Bertz CT molecular complexity index is 887. The van der Waals surface area contributed by atoms with Crippen LogP contribution < -0.4 is 21.7 Å². The van der Waals surface area contributed by atoms with Crippen molar-refractivity contribution < 1.29 is 29.4 Å². The standard InChI is InChI=1S/C26H42N4O6/c1-7-16(6)22(30-24(33)21(27)15(4)5)25(34)28-19(12-14(2)3)23(32)29-20(26(35)36)13-17-8-10-18(31)11-9-17/h8-11,14-16,19-22,31H,7,12-13,27H2,1-6H3,(H,28,34)(H,29,32)(H,30,33)(H,35,36). The molecule has 10 heteroatoms. The van der Waals surface area contributed by atoms with E-state index in [0.717, 1.165) is 0 Å². The van der Waals surface area contributed by atoms with Gasteiger partial charge in [0, 0.05) is 6.42 Å². The van der Waals surface area contributed by atoms with Gasteiger partial charge < -0.3 is 31.9 Å². The van der Waals surface area contributed by atoms with Crippen LogP contribution in [0.3, 0.4) is 0 Å². The Kier molecular flexibility index (Phi) is 12.4. The molecular weight excluding hydrogens is 464 g/mol. The number of carboxylic acids is 1. The summed E-state index contributed by atoms with van der Waals surface area (Å²) in [4.78, 5) is 50.7. The Morgan fingerprint density at radius 1 is 0.861 bits per heavy atom. The van der Waals surface area contributed by atoms with Crippen LogP contribution >= 0.6 is 0 Å². The third-order valence-electron chi connectivity index (χ3n) is 6.15. The topological polar surface area (TPSA) is 171 Å². The Hall–Kier alpha value is -3.14. The van der Waals surface area contributed by atoms with Crippen molar-refractivity contribution in [3.05, 3.63) is 29.8 Å². The molecular formula is C26H42N4O6. The van der Waals surface area contributed by atoms with E-state index in [9.17, 15) is 29.4 Å². The van der Waals surface area contributed by atoms with Crippen LogP contribution in [0, 0.1) is 17.8 Å². The number of carboxylic acid groups (broad SMARTS) is 1. The molecule has 5 unspecified atom stereocenters. The van der Waals surface area contributed by atoms with E-state index < -0.39 is 47.9 Å². The number of carbonyl (C=O) groups excluding carboxylic acids is 3. The van der Waals surface area contributed by atoms with Gasteiger partial charge in [-0.1, -0.05) is 60.1 Å². The summed E-state index contributed by atoms with van der Waals surface area (Å²) in [6, 6.07) is 2.11. The lowest BCUT2D eigenvalue weighted by atomic mass is 9.95. The first kappa shape index (κ1) is 30.9. The molecule has 0 saturated carbocycles. The number of aliphatic carboxylic acids is 1. The van der Waals surface area contributed by atoms with Gasteiger partial charge in [-0.15, -0.1) is 0 Å². The summed E-state index contributed by atoms with van der Waals surface area (Å²) >= 11 is 0. The second kappa shape index (κ2) is 14.4. The van der Waals surface area contributed by atoms with Crippen LogP contribution in [0.25, 0.3) is 0 Å². The maximum absolute atomic E-state index is 13.2. The van der Waals surface area contributed by atoms with Crippen LogP contribution in [0.1, 0.15) is 59.9 Å². The lowest BCUT2D eigenvalue weighted by Gasteiger charge is -2.29. The molecule has 7 N–H and O–H groups in total. The minimum atomic E-state index is -1.23. The number of rotatable bonds is 14. The lowest BCUT2D eigenvalue weighted by molar-refractivity contribution is -0.142. The van der Waals surface area contributed by atoms with Gasteiger partial charge in [-0.05, 0) is 41.9 Å². The number of amides is 3. The first-order valence-electron chi connectivity index (χ1n) is 12.4. The molecule has 0 radical (unpaired) electrons. The van der Waals surface area contributed by atoms with Gasteiger partial charge >= 0.3 is 5.97 Å². The quantitative estimate of drug-likeness (QED) is 0.222. The van der Waals surface area contributed by atoms with Crippen LogP contribution in [-0.2, 0) is 25.6 Å². The van der Waals surface area contributed by atoms with Gasteiger partial charge in [0.05, 0.1) is 6.04 Å². The Morgan fingerprint density at radius 3 is 1.89 bits per heavy atom.